The van der Waals surface area contributed by atoms with Crippen molar-refractivity contribution < 1.29 is 0 Å². The quantitative estimate of drug-likeness (QED) is 0.493. The standard InChI is InChI=1S/C22H20N2/c1-16-11-13-18(14-12-16)21-22(19-9-5-6-10-20(19)24-21)23-15-17-7-3-2-4-8-17/h2-14,23-24H,15H2,1H3. The molecule has 0 saturated heterocycles. The van der Waals surface area contributed by atoms with E-state index < -0.39 is 0 Å². The van der Waals surface area contributed by atoms with Gasteiger partial charge in [0.1, 0.15) is 0 Å². The molecule has 0 unspecified atom stereocenters. The van der Waals surface area contributed by atoms with Gasteiger partial charge in [-0.15, -0.1) is 0 Å². The molecular formula is C22H20N2. The molecule has 118 valence electrons. The third-order valence-corrected chi connectivity index (χ3v) is 4.36. The zero-order valence-corrected chi connectivity index (χ0v) is 13.7. The number of aromatic nitrogens is 1. The third kappa shape index (κ3) is 2.79. The molecule has 24 heavy (non-hydrogen) atoms. The van der Waals surface area contributed by atoms with Gasteiger partial charge in [0.25, 0.3) is 0 Å². The molecule has 1 aromatic heterocycles. The van der Waals surface area contributed by atoms with Gasteiger partial charge in [0.2, 0.25) is 0 Å². The fourth-order valence-corrected chi connectivity index (χ4v) is 3.05. The lowest BCUT2D eigenvalue weighted by molar-refractivity contribution is 1.15. The predicted octanol–water partition coefficient (Wildman–Crippen LogP) is 5.76. The maximum absolute atomic E-state index is 3.63. The van der Waals surface area contributed by atoms with Crippen molar-refractivity contribution in [3.63, 3.8) is 0 Å². The van der Waals surface area contributed by atoms with Crippen molar-refractivity contribution in [1.29, 1.82) is 0 Å². The number of hydrogen-bond acceptors (Lipinski definition) is 1. The summed E-state index contributed by atoms with van der Waals surface area (Å²) in [5, 5.41) is 4.86. The summed E-state index contributed by atoms with van der Waals surface area (Å²) in [5.74, 6) is 0. The average Bonchev–Trinajstić information content (AvgIpc) is 3.00. The van der Waals surface area contributed by atoms with Crippen LogP contribution < -0.4 is 5.32 Å². The first kappa shape index (κ1) is 14.6. The molecule has 0 aliphatic heterocycles. The van der Waals surface area contributed by atoms with Crippen molar-refractivity contribution in [1.82, 2.24) is 4.98 Å². The summed E-state index contributed by atoms with van der Waals surface area (Å²) in [4.78, 5) is 3.57. The first-order chi connectivity index (χ1) is 11.8. The van der Waals surface area contributed by atoms with Crippen molar-refractivity contribution in [3.8, 4) is 11.3 Å². The molecule has 0 radical (unpaired) electrons. The molecule has 0 saturated carbocycles. The Bertz CT molecular complexity index is 950. The van der Waals surface area contributed by atoms with Crippen LogP contribution in [0.1, 0.15) is 11.1 Å². The molecule has 0 aliphatic rings. The monoisotopic (exact) mass is 312 g/mol. The number of benzene rings is 3. The van der Waals surface area contributed by atoms with E-state index in [-0.39, 0.29) is 0 Å². The van der Waals surface area contributed by atoms with E-state index in [0.717, 1.165) is 17.8 Å². The number of para-hydroxylation sites is 1. The highest BCUT2D eigenvalue weighted by Gasteiger charge is 2.12. The number of aryl methyl sites for hydroxylation is 1. The molecule has 0 bridgehead atoms. The number of hydrogen-bond donors (Lipinski definition) is 2. The van der Waals surface area contributed by atoms with Crippen LogP contribution in [0.4, 0.5) is 5.69 Å². The number of nitrogens with one attached hydrogen (secondary N) is 2. The van der Waals surface area contributed by atoms with Gasteiger partial charge in [-0.05, 0) is 18.6 Å². The van der Waals surface area contributed by atoms with Crippen LogP contribution in [-0.2, 0) is 6.54 Å². The van der Waals surface area contributed by atoms with Crippen LogP contribution in [0.3, 0.4) is 0 Å². The summed E-state index contributed by atoms with van der Waals surface area (Å²) < 4.78 is 0. The predicted molar refractivity (Wildman–Crippen MR) is 102 cm³/mol. The van der Waals surface area contributed by atoms with Gasteiger partial charge < -0.3 is 10.3 Å². The molecule has 0 spiro atoms. The second kappa shape index (κ2) is 6.25. The van der Waals surface area contributed by atoms with Gasteiger partial charge >= 0.3 is 0 Å². The highest BCUT2D eigenvalue weighted by molar-refractivity contribution is 6.01. The molecule has 4 rings (SSSR count). The Morgan fingerprint density at radius 1 is 0.792 bits per heavy atom. The normalized spacial score (nSPS) is 10.9. The van der Waals surface area contributed by atoms with Crippen molar-refractivity contribution in [2.45, 2.75) is 13.5 Å². The summed E-state index contributed by atoms with van der Waals surface area (Å²) in [6, 6.07) is 27.6. The topological polar surface area (TPSA) is 27.8 Å². The summed E-state index contributed by atoms with van der Waals surface area (Å²) in [7, 11) is 0. The highest BCUT2D eigenvalue weighted by atomic mass is 14.9. The van der Waals surface area contributed by atoms with Crippen LogP contribution in [0.5, 0.6) is 0 Å². The van der Waals surface area contributed by atoms with E-state index in [1.165, 1.54) is 27.8 Å². The number of H-pyrrole nitrogens is 1. The minimum absolute atomic E-state index is 0.807. The maximum atomic E-state index is 3.63. The second-order valence-corrected chi connectivity index (χ2v) is 6.13. The summed E-state index contributed by atoms with van der Waals surface area (Å²) >= 11 is 0. The fourth-order valence-electron chi connectivity index (χ4n) is 3.05. The molecular weight excluding hydrogens is 292 g/mol. The SMILES string of the molecule is Cc1ccc(-c2[nH]c3ccccc3c2NCc2ccccc2)cc1. The molecule has 0 atom stereocenters. The molecule has 1 heterocycles. The number of aromatic amines is 1. The van der Waals surface area contributed by atoms with Crippen molar-refractivity contribution >= 4 is 16.6 Å². The van der Waals surface area contributed by atoms with E-state index in [0.29, 0.717) is 0 Å². The lowest BCUT2D eigenvalue weighted by Gasteiger charge is -2.09. The Hall–Kier alpha value is -3.00. The zero-order valence-electron chi connectivity index (χ0n) is 13.7. The molecule has 2 heteroatoms. The second-order valence-electron chi connectivity index (χ2n) is 6.13. The van der Waals surface area contributed by atoms with Gasteiger partial charge in [-0.1, -0.05) is 78.4 Å². The lowest BCUT2D eigenvalue weighted by Crippen LogP contribution is -1.99. The van der Waals surface area contributed by atoms with Gasteiger partial charge in [-0.2, -0.15) is 0 Å². The van der Waals surface area contributed by atoms with Gasteiger partial charge in [0.15, 0.2) is 0 Å². The minimum Gasteiger partial charge on any atom is -0.379 e. The molecule has 0 fully saturated rings. The first-order valence-corrected chi connectivity index (χ1v) is 8.27. The summed E-state index contributed by atoms with van der Waals surface area (Å²) in [6.45, 7) is 2.92. The fraction of sp³-hybridized carbons (Fsp3) is 0.0909. The Morgan fingerprint density at radius 2 is 1.50 bits per heavy atom. The van der Waals surface area contributed by atoms with E-state index in [4.69, 9.17) is 0 Å². The van der Waals surface area contributed by atoms with E-state index in [1.54, 1.807) is 0 Å². The van der Waals surface area contributed by atoms with Crippen LogP contribution in [0, 0.1) is 6.92 Å². The van der Waals surface area contributed by atoms with E-state index in [1.807, 2.05) is 6.07 Å². The molecule has 2 nitrogen and oxygen atoms in total. The number of anilines is 1. The number of rotatable bonds is 4. The van der Waals surface area contributed by atoms with Gasteiger partial charge in [0, 0.05) is 23.0 Å². The highest BCUT2D eigenvalue weighted by Crippen LogP contribution is 2.35. The minimum atomic E-state index is 0.807. The molecule has 3 aromatic carbocycles. The Balaban J connectivity index is 1.77. The zero-order chi connectivity index (χ0) is 16.4. The Morgan fingerprint density at radius 3 is 2.29 bits per heavy atom. The third-order valence-electron chi connectivity index (χ3n) is 4.36. The summed E-state index contributed by atoms with van der Waals surface area (Å²) in [6.07, 6.45) is 0. The van der Waals surface area contributed by atoms with Crippen LogP contribution in [0.25, 0.3) is 22.2 Å². The maximum Gasteiger partial charge on any atom is 0.0700 e. The van der Waals surface area contributed by atoms with E-state index in [9.17, 15) is 0 Å². The smallest absolute Gasteiger partial charge is 0.0700 e. The Labute approximate surface area is 142 Å². The van der Waals surface area contributed by atoms with E-state index in [2.05, 4.69) is 90.0 Å². The van der Waals surface area contributed by atoms with Crippen LogP contribution in [-0.4, -0.2) is 4.98 Å². The summed E-state index contributed by atoms with van der Waals surface area (Å²) in [5.41, 5.74) is 7.22. The van der Waals surface area contributed by atoms with Gasteiger partial charge in [0.05, 0.1) is 11.4 Å². The van der Waals surface area contributed by atoms with Crippen molar-refractivity contribution in [2.75, 3.05) is 5.32 Å². The molecule has 2 N–H and O–H groups in total. The van der Waals surface area contributed by atoms with Crippen LogP contribution in [0.2, 0.25) is 0 Å². The largest absolute Gasteiger partial charge is 0.379 e. The first-order valence-electron chi connectivity index (χ1n) is 8.27. The van der Waals surface area contributed by atoms with E-state index >= 15 is 0 Å². The van der Waals surface area contributed by atoms with Crippen molar-refractivity contribution in [2.24, 2.45) is 0 Å². The Kier molecular flexibility index (Phi) is 3.80. The van der Waals surface area contributed by atoms with Gasteiger partial charge in [-0.25, -0.2) is 0 Å². The molecule has 0 amide bonds. The molecule has 4 aromatic rings. The molecule has 0 aliphatic carbocycles. The van der Waals surface area contributed by atoms with Crippen LogP contribution >= 0.6 is 0 Å². The number of fused-ring (bicyclic) bond motifs is 1. The van der Waals surface area contributed by atoms with Crippen LogP contribution in [0.15, 0.2) is 78.9 Å². The van der Waals surface area contributed by atoms with Crippen molar-refractivity contribution in [3.05, 3.63) is 90.0 Å². The van der Waals surface area contributed by atoms with Gasteiger partial charge in [-0.3, -0.25) is 0 Å². The lowest BCUT2D eigenvalue weighted by atomic mass is 10.1. The average molecular weight is 312 g/mol.